The number of esters is 1. The van der Waals surface area contributed by atoms with E-state index in [-0.39, 0.29) is 5.97 Å². The molecule has 2 heteroatoms. The smallest absolute Gasteiger partial charge is 0.330 e. The molecule has 0 aromatic carbocycles. The van der Waals surface area contributed by atoms with Gasteiger partial charge in [0.2, 0.25) is 0 Å². The van der Waals surface area contributed by atoms with Crippen molar-refractivity contribution in [2.45, 2.75) is 53.4 Å². The Morgan fingerprint density at radius 3 is 2.44 bits per heavy atom. The molecule has 0 spiro atoms. The summed E-state index contributed by atoms with van der Waals surface area (Å²) in [4.78, 5) is 11.3. The molecule has 0 radical (unpaired) electrons. The number of allylic oxidation sites excluding steroid dienone is 4. The van der Waals surface area contributed by atoms with Crippen molar-refractivity contribution in [1.29, 1.82) is 0 Å². The highest BCUT2D eigenvalue weighted by Crippen LogP contribution is 2.06. The summed E-state index contributed by atoms with van der Waals surface area (Å²) in [6.45, 7) is 8.72. The molecule has 0 atom stereocenters. The standard InChI is InChI=1S/C16H26O2/c1-5-6-7-11-16(17)18-13-12-15(4)10-8-9-14(2)3/h7,9,11-12H,5-6,8,10,13H2,1-4H3/b11-7+,15-12+. The lowest BCUT2D eigenvalue weighted by atomic mass is 10.1. The summed E-state index contributed by atoms with van der Waals surface area (Å²) < 4.78 is 5.07. The summed E-state index contributed by atoms with van der Waals surface area (Å²) in [5.41, 5.74) is 2.60. The van der Waals surface area contributed by atoms with Crippen LogP contribution in [0.3, 0.4) is 0 Å². The monoisotopic (exact) mass is 250 g/mol. The van der Waals surface area contributed by atoms with Gasteiger partial charge in [-0.15, -0.1) is 0 Å². The van der Waals surface area contributed by atoms with E-state index in [1.54, 1.807) is 0 Å². The topological polar surface area (TPSA) is 26.3 Å². The molecule has 0 heterocycles. The van der Waals surface area contributed by atoms with Gasteiger partial charge in [0, 0.05) is 6.08 Å². The van der Waals surface area contributed by atoms with Gasteiger partial charge in [-0.1, -0.05) is 36.6 Å². The third-order valence-corrected chi connectivity index (χ3v) is 2.46. The van der Waals surface area contributed by atoms with Crippen LogP contribution in [0.4, 0.5) is 0 Å². The van der Waals surface area contributed by atoms with Crippen molar-refractivity contribution < 1.29 is 9.53 Å². The Morgan fingerprint density at radius 2 is 1.83 bits per heavy atom. The van der Waals surface area contributed by atoms with E-state index in [1.807, 2.05) is 12.2 Å². The summed E-state index contributed by atoms with van der Waals surface area (Å²) in [6, 6.07) is 0. The molecule has 0 aromatic rings. The van der Waals surface area contributed by atoms with Crippen LogP contribution >= 0.6 is 0 Å². The van der Waals surface area contributed by atoms with Crippen molar-refractivity contribution in [3.63, 3.8) is 0 Å². The first kappa shape index (κ1) is 16.7. The van der Waals surface area contributed by atoms with Gasteiger partial charge in [0.1, 0.15) is 6.61 Å². The van der Waals surface area contributed by atoms with Crippen molar-refractivity contribution in [3.8, 4) is 0 Å². The van der Waals surface area contributed by atoms with Crippen molar-refractivity contribution in [1.82, 2.24) is 0 Å². The summed E-state index contributed by atoms with van der Waals surface area (Å²) in [6.07, 6.45) is 11.6. The highest BCUT2D eigenvalue weighted by atomic mass is 16.5. The molecular formula is C16H26O2. The van der Waals surface area contributed by atoms with E-state index in [0.717, 1.165) is 25.7 Å². The Kier molecular flexibility index (Phi) is 10.0. The number of rotatable bonds is 8. The maximum Gasteiger partial charge on any atom is 0.330 e. The van der Waals surface area contributed by atoms with Gasteiger partial charge in [-0.05, 0) is 46.1 Å². The van der Waals surface area contributed by atoms with E-state index in [4.69, 9.17) is 4.74 Å². The summed E-state index contributed by atoms with van der Waals surface area (Å²) >= 11 is 0. The van der Waals surface area contributed by atoms with E-state index >= 15 is 0 Å². The first-order chi connectivity index (χ1) is 8.56. The average molecular weight is 250 g/mol. The number of hydrogen-bond donors (Lipinski definition) is 0. The summed E-state index contributed by atoms with van der Waals surface area (Å²) in [7, 11) is 0. The fraction of sp³-hybridized carbons (Fsp3) is 0.562. The van der Waals surface area contributed by atoms with Crippen molar-refractivity contribution in [2.24, 2.45) is 0 Å². The Hall–Kier alpha value is -1.31. The summed E-state index contributed by atoms with van der Waals surface area (Å²) in [5, 5.41) is 0. The fourth-order valence-electron chi connectivity index (χ4n) is 1.35. The highest BCUT2D eigenvalue weighted by Gasteiger charge is 1.94. The molecule has 0 fully saturated rings. The van der Waals surface area contributed by atoms with Crippen LogP contribution in [0.1, 0.15) is 53.4 Å². The second-order valence-electron chi connectivity index (χ2n) is 4.69. The maximum absolute atomic E-state index is 11.3. The number of ether oxygens (including phenoxy) is 1. The molecule has 18 heavy (non-hydrogen) atoms. The predicted molar refractivity (Wildman–Crippen MR) is 77.4 cm³/mol. The molecule has 0 N–H and O–H groups in total. The van der Waals surface area contributed by atoms with Crippen LogP contribution in [0, 0.1) is 0 Å². The molecule has 0 saturated heterocycles. The molecule has 0 saturated carbocycles. The fourth-order valence-corrected chi connectivity index (χ4v) is 1.35. The Labute approximate surface area is 111 Å². The number of hydrogen-bond acceptors (Lipinski definition) is 2. The van der Waals surface area contributed by atoms with Crippen molar-refractivity contribution >= 4 is 5.97 Å². The maximum atomic E-state index is 11.3. The van der Waals surface area contributed by atoms with Gasteiger partial charge in [-0.3, -0.25) is 0 Å². The zero-order valence-electron chi connectivity index (χ0n) is 12.2. The van der Waals surface area contributed by atoms with Crippen LogP contribution < -0.4 is 0 Å². The molecule has 0 amide bonds. The zero-order valence-corrected chi connectivity index (χ0v) is 12.2. The minimum Gasteiger partial charge on any atom is -0.458 e. The Bertz CT molecular complexity index is 318. The molecule has 0 aromatic heterocycles. The summed E-state index contributed by atoms with van der Waals surface area (Å²) in [5.74, 6) is -0.253. The Balaban J connectivity index is 3.80. The molecule has 102 valence electrons. The van der Waals surface area contributed by atoms with Crippen molar-refractivity contribution in [2.75, 3.05) is 6.61 Å². The van der Waals surface area contributed by atoms with Crippen LogP contribution in [0.25, 0.3) is 0 Å². The molecule has 0 aliphatic rings. The normalized spacial score (nSPS) is 11.7. The van der Waals surface area contributed by atoms with Gasteiger partial charge in [-0.25, -0.2) is 4.79 Å². The van der Waals surface area contributed by atoms with E-state index in [0.29, 0.717) is 6.61 Å². The SMILES string of the molecule is CCC/C=C/C(=O)OC/C=C(\C)CCC=C(C)C. The average Bonchev–Trinajstić information content (AvgIpc) is 2.29. The second-order valence-corrected chi connectivity index (χ2v) is 4.69. The molecule has 0 rings (SSSR count). The number of carbonyl (C=O) groups excluding carboxylic acids is 1. The van der Waals surface area contributed by atoms with Gasteiger partial charge >= 0.3 is 5.97 Å². The van der Waals surface area contributed by atoms with Gasteiger partial charge in [0.05, 0.1) is 0 Å². The minimum absolute atomic E-state index is 0.253. The first-order valence-corrected chi connectivity index (χ1v) is 6.68. The van der Waals surface area contributed by atoms with Crippen LogP contribution in [-0.4, -0.2) is 12.6 Å². The van der Waals surface area contributed by atoms with E-state index in [1.165, 1.54) is 17.2 Å². The first-order valence-electron chi connectivity index (χ1n) is 6.68. The van der Waals surface area contributed by atoms with Crippen molar-refractivity contribution in [3.05, 3.63) is 35.5 Å². The zero-order chi connectivity index (χ0) is 13.8. The van der Waals surface area contributed by atoms with Crippen LogP contribution in [0.5, 0.6) is 0 Å². The predicted octanol–water partition coefficient (Wildman–Crippen LogP) is 4.58. The molecule has 0 bridgehead atoms. The molecule has 0 aliphatic carbocycles. The third kappa shape index (κ3) is 11.2. The van der Waals surface area contributed by atoms with Crippen LogP contribution in [-0.2, 0) is 9.53 Å². The number of carbonyl (C=O) groups is 1. The molecule has 0 unspecified atom stereocenters. The molecule has 0 aliphatic heterocycles. The lowest BCUT2D eigenvalue weighted by molar-refractivity contribution is -0.136. The largest absolute Gasteiger partial charge is 0.458 e. The highest BCUT2D eigenvalue weighted by molar-refractivity contribution is 5.81. The van der Waals surface area contributed by atoms with Gasteiger partial charge in [0.25, 0.3) is 0 Å². The quantitative estimate of drug-likeness (QED) is 0.358. The van der Waals surface area contributed by atoms with Gasteiger partial charge in [-0.2, -0.15) is 0 Å². The molecule has 2 nitrogen and oxygen atoms in total. The third-order valence-electron chi connectivity index (χ3n) is 2.46. The minimum atomic E-state index is -0.253. The van der Waals surface area contributed by atoms with E-state index < -0.39 is 0 Å². The van der Waals surface area contributed by atoms with Gasteiger partial charge in [0.15, 0.2) is 0 Å². The Morgan fingerprint density at radius 1 is 1.11 bits per heavy atom. The lowest BCUT2D eigenvalue weighted by Gasteiger charge is -2.00. The van der Waals surface area contributed by atoms with Gasteiger partial charge < -0.3 is 4.74 Å². The number of unbranched alkanes of at least 4 members (excludes halogenated alkanes) is 1. The second kappa shape index (κ2) is 10.8. The van der Waals surface area contributed by atoms with Crippen LogP contribution in [0.2, 0.25) is 0 Å². The molecular weight excluding hydrogens is 224 g/mol. The van der Waals surface area contributed by atoms with E-state index in [9.17, 15) is 4.79 Å². The van der Waals surface area contributed by atoms with Crippen LogP contribution in [0.15, 0.2) is 35.5 Å². The lowest BCUT2D eigenvalue weighted by Crippen LogP contribution is -2.00. The van der Waals surface area contributed by atoms with E-state index in [2.05, 4.69) is 33.8 Å².